The zero-order valence-electron chi connectivity index (χ0n) is 66.1. The highest BCUT2D eigenvalue weighted by Crippen LogP contribution is 2.47. The number of aldehydes is 2. The van der Waals surface area contributed by atoms with E-state index in [2.05, 4.69) is 109 Å². The Morgan fingerprint density at radius 2 is 0.843 bits per heavy atom. The van der Waals surface area contributed by atoms with Crippen molar-refractivity contribution in [2.24, 2.45) is 27.1 Å². The first-order chi connectivity index (χ1) is 48.9. The molecular weight excluding hydrogens is 1570 g/mol. The molecule has 19 heteroatoms. The number of rotatable bonds is 10. The van der Waals surface area contributed by atoms with Gasteiger partial charge in [-0.15, -0.1) is 24.0 Å². The van der Waals surface area contributed by atoms with Crippen LogP contribution in [-0.2, 0) is 19.1 Å². The van der Waals surface area contributed by atoms with Gasteiger partial charge in [0.25, 0.3) is 0 Å². The molecule has 4 aromatic carbocycles. The third-order valence-corrected chi connectivity index (χ3v) is 22.4. The number of allylic oxidation sites excluding steroid dienone is 6. The van der Waals surface area contributed by atoms with Crippen LogP contribution in [0, 0.1) is 27.1 Å². The van der Waals surface area contributed by atoms with Crippen LogP contribution in [0.4, 0.5) is 9.50 Å². The van der Waals surface area contributed by atoms with Crippen LogP contribution in [0.15, 0.2) is 124 Å². The second-order valence-corrected chi connectivity index (χ2v) is 37.0. The molecule has 12 rings (SSSR count). The maximum Gasteiger partial charge on any atom is 0.488 e. The van der Waals surface area contributed by atoms with Crippen molar-refractivity contribution in [1.82, 2.24) is 20.0 Å². The maximum atomic E-state index is 12.3. The first-order valence-corrected chi connectivity index (χ1v) is 40.3. The van der Waals surface area contributed by atoms with Gasteiger partial charge < -0.3 is 25.0 Å². The van der Waals surface area contributed by atoms with Crippen molar-refractivity contribution < 1.29 is 40.1 Å². The third-order valence-electron chi connectivity index (χ3n) is 21.1. The molecular formula is C89H136BCl5FIN4O7. The molecule has 1 saturated carbocycles. The summed E-state index contributed by atoms with van der Waals surface area (Å²) in [5.74, 6) is 0.450. The van der Waals surface area contributed by atoms with Gasteiger partial charge in [-0.3, -0.25) is 28.9 Å². The average molecular weight is 1710 g/mol. The standard InChI is InChI=1S/C24H35ClN2O2.C20H28ClN.C15H17ClO.C9H13ClO.C8H14O.C6H6BClO2.C5H11N.2CH4.FH.HI.H2/c1-23(2,3)29-22(28)27-14-12-26(13-15-27)17-19-10-11-24(4,5)16-21(19)18-6-8-20(25)9-7-18;1-20(2)11-10-17(15-22-12-4-3-5-13-22)19(14-20)16-6-8-18(21)9-7-16;1-15(2)8-7-12(10-17)14(9-15)11-3-5-13(16)6-4-11;1-9(2)4-3-7(6-11)8(10)5-9;1-8(2)5-3-4-7(9)6-8;8-6-3-1-5(2-4-6)7(9)10;1-2-4-6-5-3-1;;;;;/h6-9H,10-17H2,1-5H3;6-9H,3-5,10-15H2,1-2H3;3-6,10H,7-9H2,1-2H3;6H,3-5H2,1-2H3;3-6H2,1-2H3;1-4,9-10H;6H,1-5H2;2*1H4;3*1H. The Morgan fingerprint density at radius 1 is 0.481 bits per heavy atom. The highest BCUT2D eigenvalue weighted by molar-refractivity contribution is 14.0. The summed E-state index contributed by atoms with van der Waals surface area (Å²) in [5.41, 5.74) is 14.6. The SMILES string of the molecule is C.C.C1CCNCC1.CC1(C)CCC(C=O)=C(Cl)C1.CC1(C)CCC(C=O)=C(c2ccc(Cl)cc2)C1.CC1(C)CCC(CN2CCCCC2)=C(c2ccc(Cl)cc2)C1.CC1(C)CCC(CN2CCN(C(=O)OC(C)(C)C)CC2)=C(c2ccc(Cl)cc2)C1.CC1(C)CCCC(=O)C1.F.I.OB(O)c1ccc(Cl)cc1.[HH]. The summed E-state index contributed by atoms with van der Waals surface area (Å²) in [6.45, 7) is 38.9. The summed E-state index contributed by atoms with van der Waals surface area (Å²) in [6.07, 6.45) is 26.9. The first kappa shape index (κ1) is 100. The minimum absolute atomic E-state index is 0. The van der Waals surface area contributed by atoms with E-state index >= 15 is 0 Å². The molecule has 0 aromatic heterocycles. The summed E-state index contributed by atoms with van der Waals surface area (Å²) in [7, 11) is -1.41. The van der Waals surface area contributed by atoms with Gasteiger partial charge in [-0.1, -0.05) is 215 Å². The molecule has 4 fully saturated rings. The third kappa shape index (κ3) is 36.5. The second-order valence-electron chi connectivity index (χ2n) is 34.8. The van der Waals surface area contributed by atoms with Gasteiger partial charge in [0.05, 0.1) is 0 Å². The highest BCUT2D eigenvalue weighted by atomic mass is 127. The molecule has 5 aliphatic carbocycles. The molecule has 1 amide bonds. The number of hydrogen-bond donors (Lipinski definition) is 3. The van der Waals surface area contributed by atoms with E-state index in [1.807, 2.05) is 74.2 Å². The van der Waals surface area contributed by atoms with E-state index in [9.17, 15) is 19.2 Å². The normalized spacial score (nSPS) is 20.0. The molecule has 108 heavy (non-hydrogen) atoms. The van der Waals surface area contributed by atoms with Crippen molar-refractivity contribution in [1.29, 1.82) is 0 Å². The van der Waals surface area contributed by atoms with E-state index < -0.39 is 12.7 Å². The van der Waals surface area contributed by atoms with E-state index in [0.717, 1.165) is 153 Å². The van der Waals surface area contributed by atoms with Crippen LogP contribution in [-0.4, -0.2) is 127 Å². The molecule has 0 unspecified atom stereocenters. The topological polar surface area (TPSA) is 140 Å². The lowest BCUT2D eigenvalue weighted by molar-refractivity contribution is -0.123. The average Bonchev–Trinajstić information content (AvgIpc) is 0.804. The maximum absolute atomic E-state index is 12.3. The summed E-state index contributed by atoms with van der Waals surface area (Å²) >= 11 is 29.5. The number of piperidine rings is 2. The molecule has 0 bridgehead atoms. The Balaban J connectivity index is 0.000000665. The van der Waals surface area contributed by atoms with Crippen LogP contribution in [0.3, 0.4) is 0 Å². The Bertz CT molecular complexity index is 3510. The fourth-order valence-corrected chi connectivity index (χ4v) is 15.6. The van der Waals surface area contributed by atoms with Gasteiger partial charge in [0.15, 0.2) is 0 Å². The lowest BCUT2D eigenvalue weighted by Gasteiger charge is -2.39. The number of benzene rings is 4. The fraction of sp³-hybridized carbons (Fsp3) is 0.596. The van der Waals surface area contributed by atoms with E-state index in [1.165, 1.54) is 131 Å². The fourth-order valence-electron chi connectivity index (χ4n) is 14.6. The van der Waals surface area contributed by atoms with Crippen molar-refractivity contribution >= 4 is 136 Å². The van der Waals surface area contributed by atoms with Crippen molar-refractivity contribution in [3.05, 3.63) is 161 Å². The van der Waals surface area contributed by atoms with Crippen LogP contribution in [0.5, 0.6) is 0 Å². The Kier molecular flexibility index (Phi) is 44.2. The van der Waals surface area contributed by atoms with E-state index in [-0.39, 0.29) is 61.9 Å². The van der Waals surface area contributed by atoms with Crippen LogP contribution in [0.1, 0.15) is 264 Å². The summed E-state index contributed by atoms with van der Waals surface area (Å²) in [4.78, 5) is 51.7. The Hall–Kier alpha value is -3.91. The van der Waals surface area contributed by atoms with Gasteiger partial charge in [-0.25, -0.2) is 4.79 Å². The molecule has 3 saturated heterocycles. The summed E-state index contributed by atoms with van der Waals surface area (Å²) in [6, 6.07) is 30.9. The van der Waals surface area contributed by atoms with Crippen LogP contribution in [0.2, 0.25) is 20.1 Å². The van der Waals surface area contributed by atoms with Gasteiger partial charge in [0.1, 0.15) is 24.0 Å². The molecule has 0 radical (unpaired) electrons. The van der Waals surface area contributed by atoms with Crippen LogP contribution < -0.4 is 10.8 Å². The smallest absolute Gasteiger partial charge is 0.444 e. The van der Waals surface area contributed by atoms with Gasteiger partial charge in [0.2, 0.25) is 0 Å². The molecule has 8 aliphatic rings. The summed E-state index contributed by atoms with van der Waals surface area (Å²) < 4.78 is 5.52. The number of likely N-dealkylation sites (tertiary alicyclic amines) is 1. The van der Waals surface area contributed by atoms with Crippen molar-refractivity contribution in [3.8, 4) is 0 Å². The number of nitrogens with one attached hydrogen (secondary N) is 1. The number of ketones is 1. The number of carbonyl (C=O) groups is 4. The zero-order chi connectivity index (χ0) is 76.5. The van der Waals surface area contributed by atoms with Crippen molar-refractivity contribution in [2.75, 3.05) is 65.4 Å². The van der Waals surface area contributed by atoms with E-state index in [4.69, 9.17) is 72.8 Å². The molecule has 3 aliphatic heterocycles. The quantitative estimate of drug-likeness (QED) is 0.0799. The molecule has 606 valence electrons. The first-order valence-electron chi connectivity index (χ1n) is 38.4. The molecule has 0 spiro atoms. The number of amides is 1. The number of halogens is 7. The number of Topliss-reactive ketones (excluding diaryl/α,β-unsaturated/α-hetero) is 1. The lowest BCUT2D eigenvalue weighted by Crippen LogP contribution is -2.50. The van der Waals surface area contributed by atoms with Gasteiger partial charge in [-0.05, 0) is 283 Å². The van der Waals surface area contributed by atoms with Crippen molar-refractivity contribution in [3.63, 3.8) is 0 Å². The largest absolute Gasteiger partial charge is 0.488 e. The van der Waals surface area contributed by atoms with Gasteiger partial charge in [0, 0.05) is 84.2 Å². The highest BCUT2D eigenvalue weighted by Gasteiger charge is 2.34. The van der Waals surface area contributed by atoms with Crippen LogP contribution >= 0.6 is 82.0 Å². The number of carbonyl (C=O) groups excluding carboxylic acids is 4. The minimum atomic E-state index is -1.41. The molecule has 3 N–H and O–H groups in total. The number of hydrogen-bond acceptors (Lipinski definition) is 10. The van der Waals surface area contributed by atoms with Crippen LogP contribution in [0.25, 0.3) is 16.7 Å². The monoisotopic (exact) mass is 1700 g/mol. The van der Waals surface area contributed by atoms with E-state index in [1.54, 1.807) is 35.4 Å². The van der Waals surface area contributed by atoms with Crippen molar-refractivity contribution in [2.45, 2.75) is 252 Å². The van der Waals surface area contributed by atoms with Gasteiger partial charge >= 0.3 is 13.2 Å². The molecule has 0 atom stereocenters. The number of nitrogens with zero attached hydrogens (tertiary/aromatic N) is 3. The number of piperazine rings is 1. The Labute approximate surface area is 696 Å². The Morgan fingerprint density at radius 3 is 1.19 bits per heavy atom. The molecule has 4 aromatic rings. The van der Waals surface area contributed by atoms with E-state index in [0.29, 0.717) is 32.5 Å². The lowest BCUT2D eigenvalue weighted by atomic mass is 9.72. The molecule has 3 heterocycles. The number of ether oxygens (including phenoxy) is 1. The zero-order valence-corrected chi connectivity index (χ0v) is 72.2. The predicted molar refractivity (Wildman–Crippen MR) is 474 cm³/mol. The second kappa shape index (κ2) is 47.7. The minimum Gasteiger partial charge on any atom is -0.444 e. The molecule has 11 nitrogen and oxygen atoms in total. The predicted octanol–water partition coefficient (Wildman–Crippen LogP) is 24.3. The summed E-state index contributed by atoms with van der Waals surface area (Å²) in [5, 5.41) is 24.2. The van der Waals surface area contributed by atoms with Gasteiger partial charge in [-0.2, -0.15) is 0 Å².